The zero-order valence-electron chi connectivity index (χ0n) is 13.5. The number of piperazine rings is 1. The second-order valence-corrected chi connectivity index (χ2v) is 6.28. The molecule has 1 unspecified atom stereocenters. The molecule has 0 aliphatic carbocycles. The first kappa shape index (κ1) is 15.2. The minimum atomic E-state index is -0.176. The molecule has 4 rings (SSSR count). The molecule has 3 nitrogen and oxygen atoms in total. The topological polar surface area (TPSA) is 28.2 Å². The second-order valence-electron chi connectivity index (χ2n) is 6.28. The predicted octanol–water partition coefficient (Wildman–Crippen LogP) is 3.52. The molecule has 3 aromatic rings. The number of benzene rings is 2. The number of fused-ring (bicyclic) bond motifs is 1. The molecule has 1 atom stereocenters. The molecular weight excluding hydrogens is 301 g/mol. The Balaban J connectivity index is 1.60. The average Bonchev–Trinajstić information content (AvgIpc) is 2.62. The van der Waals surface area contributed by atoms with Crippen molar-refractivity contribution < 1.29 is 4.39 Å². The summed E-state index contributed by atoms with van der Waals surface area (Å²) in [7, 11) is 0. The lowest BCUT2D eigenvalue weighted by atomic mass is 10.0. The molecular formula is C20H20FN3. The Hall–Kier alpha value is -2.30. The van der Waals surface area contributed by atoms with Gasteiger partial charge in [-0.05, 0) is 35.4 Å². The quantitative estimate of drug-likeness (QED) is 0.800. The SMILES string of the molecule is Fc1cccc(C2CNCCN2Cc2cnc3ccccc3c2)c1. The van der Waals surface area contributed by atoms with Gasteiger partial charge in [-0.2, -0.15) is 0 Å². The average molecular weight is 321 g/mol. The maximum Gasteiger partial charge on any atom is 0.123 e. The van der Waals surface area contributed by atoms with Crippen molar-refractivity contribution in [2.75, 3.05) is 19.6 Å². The van der Waals surface area contributed by atoms with Crippen LogP contribution in [0.3, 0.4) is 0 Å². The molecule has 122 valence electrons. The van der Waals surface area contributed by atoms with Crippen molar-refractivity contribution in [2.24, 2.45) is 0 Å². The van der Waals surface area contributed by atoms with E-state index in [1.807, 2.05) is 30.5 Å². The van der Waals surface area contributed by atoms with E-state index in [9.17, 15) is 4.39 Å². The summed E-state index contributed by atoms with van der Waals surface area (Å²) in [5.74, 6) is -0.176. The molecule has 2 heterocycles. The summed E-state index contributed by atoms with van der Waals surface area (Å²) in [5.41, 5.74) is 3.23. The Kier molecular flexibility index (Phi) is 4.24. The van der Waals surface area contributed by atoms with Gasteiger partial charge in [0.25, 0.3) is 0 Å². The van der Waals surface area contributed by atoms with E-state index >= 15 is 0 Å². The summed E-state index contributed by atoms with van der Waals surface area (Å²) >= 11 is 0. The highest BCUT2D eigenvalue weighted by Gasteiger charge is 2.24. The van der Waals surface area contributed by atoms with Gasteiger partial charge in [0, 0.05) is 43.8 Å². The van der Waals surface area contributed by atoms with Crippen LogP contribution in [0.1, 0.15) is 17.2 Å². The van der Waals surface area contributed by atoms with Gasteiger partial charge in [0.15, 0.2) is 0 Å². The van der Waals surface area contributed by atoms with Crippen molar-refractivity contribution in [2.45, 2.75) is 12.6 Å². The van der Waals surface area contributed by atoms with Crippen LogP contribution in [0.15, 0.2) is 60.8 Å². The number of halogens is 1. The number of hydrogen-bond donors (Lipinski definition) is 1. The molecule has 2 aromatic carbocycles. The third-order valence-electron chi connectivity index (χ3n) is 4.62. The van der Waals surface area contributed by atoms with Crippen molar-refractivity contribution in [1.29, 1.82) is 0 Å². The van der Waals surface area contributed by atoms with Gasteiger partial charge in [-0.15, -0.1) is 0 Å². The molecule has 1 aliphatic rings. The number of para-hydroxylation sites is 1. The summed E-state index contributed by atoms with van der Waals surface area (Å²) in [4.78, 5) is 6.96. The van der Waals surface area contributed by atoms with Gasteiger partial charge in [-0.1, -0.05) is 30.3 Å². The van der Waals surface area contributed by atoms with Crippen molar-refractivity contribution in [1.82, 2.24) is 15.2 Å². The lowest BCUT2D eigenvalue weighted by Crippen LogP contribution is -2.45. The van der Waals surface area contributed by atoms with Crippen LogP contribution in [0.5, 0.6) is 0 Å². The molecule has 1 aliphatic heterocycles. The fraction of sp³-hybridized carbons (Fsp3) is 0.250. The third-order valence-corrected chi connectivity index (χ3v) is 4.62. The van der Waals surface area contributed by atoms with E-state index in [1.54, 1.807) is 12.1 Å². The highest BCUT2D eigenvalue weighted by atomic mass is 19.1. The van der Waals surface area contributed by atoms with Crippen molar-refractivity contribution in [3.8, 4) is 0 Å². The number of nitrogens with zero attached hydrogens (tertiary/aromatic N) is 2. The second kappa shape index (κ2) is 6.67. The lowest BCUT2D eigenvalue weighted by Gasteiger charge is -2.36. The van der Waals surface area contributed by atoms with E-state index in [-0.39, 0.29) is 11.9 Å². The molecule has 0 bridgehead atoms. The summed E-state index contributed by atoms with van der Waals surface area (Å²) in [6.07, 6.45) is 1.95. The van der Waals surface area contributed by atoms with Crippen molar-refractivity contribution in [3.05, 3.63) is 77.7 Å². The highest BCUT2D eigenvalue weighted by Crippen LogP contribution is 2.25. The highest BCUT2D eigenvalue weighted by molar-refractivity contribution is 5.78. The maximum absolute atomic E-state index is 13.6. The fourth-order valence-corrected chi connectivity index (χ4v) is 3.42. The van der Waals surface area contributed by atoms with E-state index in [2.05, 4.69) is 27.3 Å². The van der Waals surface area contributed by atoms with Gasteiger partial charge < -0.3 is 5.32 Å². The first-order chi connectivity index (χ1) is 11.8. The van der Waals surface area contributed by atoms with Gasteiger partial charge in [0.1, 0.15) is 5.82 Å². The van der Waals surface area contributed by atoms with Gasteiger partial charge >= 0.3 is 0 Å². The van der Waals surface area contributed by atoms with Gasteiger partial charge in [-0.25, -0.2) is 4.39 Å². The molecule has 4 heteroatoms. The first-order valence-corrected chi connectivity index (χ1v) is 8.33. The monoisotopic (exact) mass is 321 g/mol. The fourth-order valence-electron chi connectivity index (χ4n) is 3.42. The minimum Gasteiger partial charge on any atom is -0.314 e. The van der Waals surface area contributed by atoms with Crippen molar-refractivity contribution >= 4 is 10.9 Å². The van der Waals surface area contributed by atoms with E-state index < -0.39 is 0 Å². The Morgan fingerprint density at radius 2 is 2.04 bits per heavy atom. The summed E-state index contributed by atoms with van der Waals surface area (Å²) in [6.45, 7) is 3.55. The molecule has 1 saturated heterocycles. The third kappa shape index (κ3) is 3.16. The summed E-state index contributed by atoms with van der Waals surface area (Å²) in [6, 6.07) is 17.5. The normalized spacial score (nSPS) is 18.8. The Morgan fingerprint density at radius 3 is 2.96 bits per heavy atom. The standard InChI is InChI=1S/C20H20FN3/c21-18-6-3-5-17(11-18)20-13-22-8-9-24(20)14-15-10-16-4-1-2-7-19(16)23-12-15/h1-7,10-12,20,22H,8-9,13-14H2. The largest absolute Gasteiger partial charge is 0.314 e. The van der Waals surface area contributed by atoms with Crippen LogP contribution >= 0.6 is 0 Å². The smallest absolute Gasteiger partial charge is 0.123 e. The zero-order valence-corrected chi connectivity index (χ0v) is 13.5. The van der Waals surface area contributed by atoms with Crippen LogP contribution in [-0.4, -0.2) is 29.5 Å². The Morgan fingerprint density at radius 1 is 1.12 bits per heavy atom. The van der Waals surface area contributed by atoms with Gasteiger partial charge in [0.2, 0.25) is 0 Å². The van der Waals surface area contributed by atoms with Crippen LogP contribution in [0, 0.1) is 5.82 Å². The number of aromatic nitrogens is 1. The van der Waals surface area contributed by atoms with E-state index in [4.69, 9.17) is 0 Å². The molecule has 0 amide bonds. The minimum absolute atomic E-state index is 0.176. The van der Waals surface area contributed by atoms with E-state index in [1.165, 1.54) is 11.6 Å². The molecule has 0 saturated carbocycles. The van der Waals surface area contributed by atoms with Gasteiger partial charge in [0.05, 0.1) is 5.52 Å². The summed E-state index contributed by atoms with van der Waals surface area (Å²) < 4.78 is 13.6. The lowest BCUT2D eigenvalue weighted by molar-refractivity contribution is 0.153. The number of hydrogen-bond acceptors (Lipinski definition) is 3. The maximum atomic E-state index is 13.6. The van der Waals surface area contributed by atoms with Crippen LogP contribution in [0.25, 0.3) is 10.9 Å². The predicted molar refractivity (Wildman–Crippen MR) is 94.2 cm³/mol. The molecule has 24 heavy (non-hydrogen) atoms. The Bertz CT molecular complexity index is 849. The number of pyridine rings is 1. The Labute approximate surface area is 141 Å². The van der Waals surface area contributed by atoms with Crippen LogP contribution < -0.4 is 5.32 Å². The molecule has 0 radical (unpaired) electrons. The molecule has 1 N–H and O–H groups in total. The number of rotatable bonds is 3. The first-order valence-electron chi connectivity index (χ1n) is 8.33. The number of nitrogens with one attached hydrogen (secondary N) is 1. The van der Waals surface area contributed by atoms with Gasteiger partial charge in [-0.3, -0.25) is 9.88 Å². The molecule has 0 spiro atoms. The van der Waals surface area contributed by atoms with E-state index in [0.717, 1.165) is 42.6 Å². The zero-order chi connectivity index (χ0) is 16.4. The van der Waals surface area contributed by atoms with Crippen LogP contribution in [-0.2, 0) is 6.54 Å². The molecule has 1 fully saturated rings. The van der Waals surface area contributed by atoms with Crippen molar-refractivity contribution in [3.63, 3.8) is 0 Å². The van der Waals surface area contributed by atoms with Crippen LogP contribution in [0.4, 0.5) is 4.39 Å². The molecule has 1 aromatic heterocycles. The van der Waals surface area contributed by atoms with E-state index in [0.29, 0.717) is 0 Å². The van der Waals surface area contributed by atoms with Crippen LogP contribution in [0.2, 0.25) is 0 Å². The summed E-state index contributed by atoms with van der Waals surface area (Å²) in [5, 5.41) is 4.58.